The molecule has 0 spiro atoms. The monoisotopic (exact) mass is 206 g/mol. The number of terminal acetylenes is 1. The van der Waals surface area contributed by atoms with Gasteiger partial charge < -0.3 is 4.74 Å². The van der Waals surface area contributed by atoms with Crippen molar-refractivity contribution in [3.05, 3.63) is 18.0 Å². The third kappa shape index (κ3) is 3.86. The van der Waals surface area contributed by atoms with Gasteiger partial charge in [0, 0.05) is 19.7 Å². The lowest BCUT2D eigenvalue weighted by atomic mass is 10.2. The first-order chi connectivity index (χ1) is 7.24. The lowest BCUT2D eigenvalue weighted by molar-refractivity contribution is 0.0498. The molecule has 0 saturated carbocycles. The smallest absolute Gasteiger partial charge is 0.341 e. The van der Waals surface area contributed by atoms with Crippen LogP contribution in [0.25, 0.3) is 0 Å². The molecule has 0 bridgehead atoms. The average Bonchev–Trinajstić information content (AvgIpc) is 2.64. The number of hydrogen-bond donors (Lipinski definition) is 0. The molecule has 4 heteroatoms. The number of esters is 1. The van der Waals surface area contributed by atoms with E-state index in [1.54, 1.807) is 17.9 Å². The van der Waals surface area contributed by atoms with Crippen molar-refractivity contribution in [2.75, 3.05) is 6.61 Å². The molecule has 0 aliphatic carbocycles. The molecule has 0 atom stereocenters. The highest BCUT2D eigenvalue weighted by Crippen LogP contribution is 2.01. The molecule has 0 fully saturated rings. The minimum Gasteiger partial charge on any atom is -0.462 e. The fourth-order valence-corrected chi connectivity index (χ4v) is 1.10. The van der Waals surface area contributed by atoms with Crippen LogP contribution < -0.4 is 0 Å². The second-order valence-corrected chi connectivity index (χ2v) is 3.20. The number of carbonyl (C=O) groups is 1. The van der Waals surface area contributed by atoms with Crippen molar-refractivity contribution in [1.82, 2.24) is 9.78 Å². The van der Waals surface area contributed by atoms with Crippen LogP contribution in [0.1, 0.15) is 29.6 Å². The number of carbonyl (C=O) groups excluding carboxylic acids is 1. The summed E-state index contributed by atoms with van der Waals surface area (Å²) in [4.78, 5) is 11.4. The molecule has 0 unspecified atom stereocenters. The van der Waals surface area contributed by atoms with Crippen molar-refractivity contribution in [1.29, 1.82) is 0 Å². The van der Waals surface area contributed by atoms with Gasteiger partial charge in [-0.3, -0.25) is 4.68 Å². The van der Waals surface area contributed by atoms with Gasteiger partial charge in [-0.25, -0.2) is 4.79 Å². The molecular weight excluding hydrogens is 192 g/mol. The summed E-state index contributed by atoms with van der Waals surface area (Å²) in [5.41, 5.74) is 0.481. The Balaban J connectivity index is 2.23. The Kier molecular flexibility index (Phi) is 4.42. The molecule has 0 radical (unpaired) electrons. The number of aromatic nitrogens is 2. The van der Waals surface area contributed by atoms with Gasteiger partial charge in [0.05, 0.1) is 18.4 Å². The van der Waals surface area contributed by atoms with Gasteiger partial charge in [-0.2, -0.15) is 5.10 Å². The van der Waals surface area contributed by atoms with Crippen LogP contribution in [0, 0.1) is 12.3 Å². The molecule has 0 aromatic carbocycles. The summed E-state index contributed by atoms with van der Waals surface area (Å²) in [7, 11) is 1.75. The number of hydrogen-bond acceptors (Lipinski definition) is 3. The first kappa shape index (κ1) is 11.3. The molecule has 15 heavy (non-hydrogen) atoms. The van der Waals surface area contributed by atoms with E-state index in [-0.39, 0.29) is 5.97 Å². The van der Waals surface area contributed by atoms with E-state index in [9.17, 15) is 4.79 Å². The highest BCUT2D eigenvalue weighted by molar-refractivity contribution is 5.88. The Morgan fingerprint density at radius 3 is 3.07 bits per heavy atom. The van der Waals surface area contributed by atoms with Crippen LogP contribution in [0.4, 0.5) is 0 Å². The molecule has 1 rings (SSSR count). The Morgan fingerprint density at radius 2 is 2.47 bits per heavy atom. The summed E-state index contributed by atoms with van der Waals surface area (Å²) in [6.45, 7) is 0.412. The van der Waals surface area contributed by atoms with Crippen LogP contribution in [-0.4, -0.2) is 22.4 Å². The zero-order valence-corrected chi connectivity index (χ0v) is 8.77. The third-order valence-electron chi connectivity index (χ3n) is 1.89. The average molecular weight is 206 g/mol. The molecule has 1 aromatic heterocycles. The molecule has 0 N–H and O–H groups in total. The van der Waals surface area contributed by atoms with Crippen LogP contribution >= 0.6 is 0 Å². The number of aryl methyl sites for hydroxylation is 1. The van der Waals surface area contributed by atoms with Gasteiger partial charge >= 0.3 is 5.97 Å². The van der Waals surface area contributed by atoms with Crippen LogP contribution in [0.5, 0.6) is 0 Å². The number of nitrogens with zero attached hydrogens (tertiary/aromatic N) is 2. The molecule has 0 saturated heterocycles. The van der Waals surface area contributed by atoms with Gasteiger partial charge in [-0.1, -0.05) is 0 Å². The lowest BCUT2D eigenvalue weighted by Crippen LogP contribution is -2.05. The number of unbranched alkanes of at least 4 members (excludes halogenated alkanes) is 2. The van der Waals surface area contributed by atoms with Crippen molar-refractivity contribution < 1.29 is 9.53 Å². The van der Waals surface area contributed by atoms with Gasteiger partial charge in [0.25, 0.3) is 0 Å². The number of ether oxygens (including phenoxy) is 1. The lowest BCUT2D eigenvalue weighted by Gasteiger charge is -2.01. The minimum absolute atomic E-state index is 0.330. The van der Waals surface area contributed by atoms with E-state index >= 15 is 0 Å². The Labute approximate surface area is 89.2 Å². The summed E-state index contributed by atoms with van der Waals surface area (Å²) >= 11 is 0. The first-order valence-electron chi connectivity index (χ1n) is 4.83. The minimum atomic E-state index is -0.330. The van der Waals surface area contributed by atoms with E-state index < -0.39 is 0 Å². The van der Waals surface area contributed by atoms with Gasteiger partial charge in [0.2, 0.25) is 0 Å². The van der Waals surface area contributed by atoms with E-state index in [1.165, 1.54) is 6.20 Å². The molecule has 1 aromatic rings. The van der Waals surface area contributed by atoms with Crippen LogP contribution in [0.3, 0.4) is 0 Å². The topological polar surface area (TPSA) is 44.1 Å². The maximum atomic E-state index is 11.4. The first-order valence-corrected chi connectivity index (χ1v) is 4.83. The van der Waals surface area contributed by atoms with Gasteiger partial charge in [-0.05, 0) is 12.8 Å². The molecule has 0 aliphatic rings. The van der Waals surface area contributed by atoms with Crippen LogP contribution in [-0.2, 0) is 11.8 Å². The second kappa shape index (κ2) is 5.86. The van der Waals surface area contributed by atoms with Crippen LogP contribution in [0.15, 0.2) is 12.4 Å². The van der Waals surface area contributed by atoms with Gasteiger partial charge in [-0.15, -0.1) is 12.3 Å². The third-order valence-corrected chi connectivity index (χ3v) is 1.89. The van der Waals surface area contributed by atoms with Crippen molar-refractivity contribution >= 4 is 5.97 Å². The van der Waals surface area contributed by atoms with Gasteiger partial charge in [0.15, 0.2) is 0 Å². The number of rotatable bonds is 5. The summed E-state index contributed by atoms with van der Waals surface area (Å²) in [5.74, 6) is 2.21. The summed E-state index contributed by atoms with van der Waals surface area (Å²) in [6, 6.07) is 0. The standard InChI is InChI=1S/C11H14N2O2/c1-3-4-5-6-7-15-11(14)10-8-12-13(2)9-10/h1,8-9H,4-7H2,2H3. The molecule has 80 valence electrons. The van der Waals surface area contributed by atoms with Crippen LogP contribution in [0.2, 0.25) is 0 Å². The van der Waals surface area contributed by atoms with Crippen molar-refractivity contribution in [2.45, 2.75) is 19.3 Å². The zero-order chi connectivity index (χ0) is 11.1. The normalized spacial score (nSPS) is 9.60. The molecule has 4 nitrogen and oxygen atoms in total. The van der Waals surface area contributed by atoms with E-state index in [0.717, 1.165) is 19.3 Å². The fraction of sp³-hybridized carbons (Fsp3) is 0.455. The summed E-state index contributed by atoms with van der Waals surface area (Å²) < 4.78 is 6.59. The predicted octanol–water partition coefficient (Wildman–Crippen LogP) is 1.38. The SMILES string of the molecule is C#CCCCCOC(=O)c1cnn(C)c1. The molecule has 1 heterocycles. The van der Waals surface area contributed by atoms with Crippen molar-refractivity contribution in [2.24, 2.45) is 7.05 Å². The summed E-state index contributed by atoms with van der Waals surface area (Å²) in [6.07, 6.45) is 10.6. The molecule has 0 aliphatic heterocycles. The Hall–Kier alpha value is -1.76. The maximum absolute atomic E-state index is 11.4. The fourth-order valence-electron chi connectivity index (χ4n) is 1.10. The zero-order valence-electron chi connectivity index (χ0n) is 8.77. The summed E-state index contributed by atoms with van der Waals surface area (Å²) in [5, 5.41) is 3.88. The largest absolute Gasteiger partial charge is 0.462 e. The van der Waals surface area contributed by atoms with E-state index in [0.29, 0.717) is 12.2 Å². The van der Waals surface area contributed by atoms with Crippen molar-refractivity contribution in [3.63, 3.8) is 0 Å². The second-order valence-electron chi connectivity index (χ2n) is 3.20. The highest BCUT2D eigenvalue weighted by Gasteiger charge is 2.08. The van der Waals surface area contributed by atoms with E-state index in [4.69, 9.17) is 11.2 Å². The molecule has 0 amide bonds. The van der Waals surface area contributed by atoms with E-state index in [2.05, 4.69) is 11.0 Å². The highest BCUT2D eigenvalue weighted by atomic mass is 16.5. The predicted molar refractivity (Wildman–Crippen MR) is 56.2 cm³/mol. The Bertz CT molecular complexity index is 363. The van der Waals surface area contributed by atoms with Gasteiger partial charge in [0.1, 0.15) is 0 Å². The maximum Gasteiger partial charge on any atom is 0.341 e. The molecular formula is C11H14N2O2. The van der Waals surface area contributed by atoms with E-state index in [1.807, 2.05) is 0 Å². The quantitative estimate of drug-likeness (QED) is 0.415. The Morgan fingerprint density at radius 1 is 1.67 bits per heavy atom. The van der Waals surface area contributed by atoms with Crippen molar-refractivity contribution in [3.8, 4) is 12.3 Å².